The fraction of sp³-hybridized carbons (Fsp3) is 0.529. The summed E-state index contributed by atoms with van der Waals surface area (Å²) in [5.41, 5.74) is 6.32. The molecule has 6 nitrogen and oxygen atoms in total. The van der Waals surface area contributed by atoms with Crippen LogP contribution in [0.1, 0.15) is 25.3 Å². The largest absolute Gasteiger partial charge is 0.391 e. The van der Waals surface area contributed by atoms with E-state index in [9.17, 15) is 9.90 Å². The van der Waals surface area contributed by atoms with Gasteiger partial charge in [-0.1, -0.05) is 30.3 Å². The molecule has 1 spiro atoms. The molecule has 0 aliphatic carbocycles. The van der Waals surface area contributed by atoms with Gasteiger partial charge in [0, 0.05) is 13.1 Å². The summed E-state index contributed by atoms with van der Waals surface area (Å²) >= 11 is 0. The summed E-state index contributed by atoms with van der Waals surface area (Å²) in [4.78, 5) is 15.6. The number of amidine groups is 1. The third kappa shape index (κ3) is 2.62. The first-order valence-corrected chi connectivity index (χ1v) is 8.08. The molecule has 2 aliphatic heterocycles. The SMILES string of the molecule is C[C@@H](O)[C@@H](C(N)=O)N1CC2(CCCN2Cc2ccccc2)C1=N. The van der Waals surface area contributed by atoms with Crippen molar-refractivity contribution in [2.45, 2.75) is 44.0 Å². The zero-order valence-corrected chi connectivity index (χ0v) is 13.4. The van der Waals surface area contributed by atoms with E-state index in [1.165, 1.54) is 5.56 Å². The topological polar surface area (TPSA) is 93.7 Å². The second kappa shape index (κ2) is 5.94. The molecule has 3 atom stereocenters. The van der Waals surface area contributed by atoms with E-state index in [-0.39, 0.29) is 5.54 Å². The number of hydrogen-bond acceptors (Lipinski definition) is 4. The predicted octanol–water partition coefficient (Wildman–Crippen LogP) is 0.549. The van der Waals surface area contributed by atoms with Crippen molar-refractivity contribution in [1.82, 2.24) is 9.80 Å². The molecule has 2 aliphatic rings. The van der Waals surface area contributed by atoms with Gasteiger partial charge in [-0.3, -0.25) is 15.1 Å². The van der Waals surface area contributed by atoms with E-state index < -0.39 is 18.1 Å². The summed E-state index contributed by atoms with van der Waals surface area (Å²) in [6, 6.07) is 9.41. The molecule has 3 rings (SSSR count). The number of benzene rings is 1. The zero-order valence-electron chi connectivity index (χ0n) is 13.4. The lowest BCUT2D eigenvalue weighted by Crippen LogP contribution is -2.76. The molecular weight excluding hydrogens is 292 g/mol. The van der Waals surface area contributed by atoms with Crippen molar-refractivity contribution in [3.63, 3.8) is 0 Å². The highest BCUT2D eigenvalue weighted by Gasteiger charge is 2.57. The Kier molecular flexibility index (Phi) is 4.12. The third-order valence-corrected chi connectivity index (χ3v) is 5.08. The molecule has 1 aromatic rings. The molecule has 2 heterocycles. The van der Waals surface area contributed by atoms with Crippen molar-refractivity contribution in [2.24, 2.45) is 5.73 Å². The highest BCUT2D eigenvalue weighted by Crippen LogP contribution is 2.41. The molecule has 2 fully saturated rings. The Morgan fingerprint density at radius 2 is 2.13 bits per heavy atom. The smallest absolute Gasteiger partial charge is 0.242 e. The van der Waals surface area contributed by atoms with Gasteiger partial charge in [0.1, 0.15) is 11.9 Å². The Bertz CT molecular complexity index is 604. The van der Waals surface area contributed by atoms with Crippen LogP contribution in [0.15, 0.2) is 30.3 Å². The van der Waals surface area contributed by atoms with E-state index in [2.05, 4.69) is 17.0 Å². The second-order valence-electron chi connectivity index (χ2n) is 6.61. The number of aliphatic hydroxyl groups excluding tert-OH is 1. The Hall–Kier alpha value is -1.92. The maximum Gasteiger partial charge on any atom is 0.242 e. The number of carbonyl (C=O) groups is 1. The number of carbonyl (C=O) groups excluding carboxylic acids is 1. The molecule has 2 saturated heterocycles. The quantitative estimate of drug-likeness (QED) is 0.739. The van der Waals surface area contributed by atoms with E-state index in [1.54, 1.807) is 11.8 Å². The van der Waals surface area contributed by atoms with Crippen LogP contribution in [-0.2, 0) is 11.3 Å². The van der Waals surface area contributed by atoms with Gasteiger partial charge < -0.3 is 15.7 Å². The second-order valence-corrected chi connectivity index (χ2v) is 6.61. The number of primary amides is 1. The van der Waals surface area contributed by atoms with Crippen LogP contribution in [0.4, 0.5) is 0 Å². The number of hydrogen-bond donors (Lipinski definition) is 3. The van der Waals surface area contributed by atoms with Crippen molar-refractivity contribution in [3.8, 4) is 0 Å². The summed E-state index contributed by atoms with van der Waals surface area (Å²) in [7, 11) is 0. The number of amides is 1. The Morgan fingerprint density at radius 3 is 2.70 bits per heavy atom. The lowest BCUT2D eigenvalue weighted by Gasteiger charge is -2.56. The van der Waals surface area contributed by atoms with Gasteiger partial charge in [0.2, 0.25) is 5.91 Å². The Balaban J connectivity index is 1.75. The number of rotatable bonds is 5. The van der Waals surface area contributed by atoms with E-state index >= 15 is 0 Å². The summed E-state index contributed by atoms with van der Waals surface area (Å²) in [5.74, 6) is -0.164. The van der Waals surface area contributed by atoms with Gasteiger partial charge in [-0.15, -0.1) is 0 Å². The Labute approximate surface area is 136 Å². The van der Waals surface area contributed by atoms with Crippen molar-refractivity contribution in [2.75, 3.05) is 13.1 Å². The van der Waals surface area contributed by atoms with Crippen LogP contribution < -0.4 is 5.73 Å². The van der Waals surface area contributed by atoms with Crippen molar-refractivity contribution >= 4 is 11.7 Å². The molecule has 1 aromatic carbocycles. The fourth-order valence-corrected chi connectivity index (χ4v) is 3.92. The number of aliphatic hydroxyl groups is 1. The summed E-state index contributed by atoms with van der Waals surface area (Å²) < 4.78 is 0. The van der Waals surface area contributed by atoms with Gasteiger partial charge in [-0.25, -0.2) is 0 Å². The van der Waals surface area contributed by atoms with Gasteiger partial charge in [0.15, 0.2) is 0 Å². The van der Waals surface area contributed by atoms with E-state index in [1.807, 2.05) is 18.2 Å². The maximum atomic E-state index is 11.6. The first kappa shape index (κ1) is 16.0. The molecule has 4 N–H and O–H groups in total. The molecule has 23 heavy (non-hydrogen) atoms. The van der Waals surface area contributed by atoms with Gasteiger partial charge in [-0.2, -0.15) is 0 Å². The zero-order chi connectivity index (χ0) is 16.6. The van der Waals surface area contributed by atoms with Gasteiger partial charge in [0.25, 0.3) is 0 Å². The van der Waals surface area contributed by atoms with Gasteiger partial charge in [0.05, 0.1) is 11.6 Å². The lowest BCUT2D eigenvalue weighted by atomic mass is 9.82. The lowest BCUT2D eigenvalue weighted by molar-refractivity contribution is -0.127. The van der Waals surface area contributed by atoms with E-state index in [0.29, 0.717) is 12.4 Å². The number of nitrogens with zero attached hydrogens (tertiary/aromatic N) is 2. The maximum absolute atomic E-state index is 11.6. The molecule has 0 aromatic heterocycles. The standard InChI is InChI=1S/C17H24N4O2/c1-12(22)14(15(18)23)21-11-17(16(21)19)8-5-9-20(17)10-13-6-3-2-4-7-13/h2-4,6-7,12,14,19,22H,5,8-11H2,1H3,(H2,18,23)/t12-,14+,17?/m1/s1. The normalized spacial score (nSPS) is 27.0. The van der Waals surface area contributed by atoms with Crippen LogP contribution in [-0.4, -0.2) is 57.4 Å². The monoisotopic (exact) mass is 316 g/mol. The Morgan fingerprint density at radius 1 is 1.43 bits per heavy atom. The fourth-order valence-electron chi connectivity index (χ4n) is 3.92. The summed E-state index contributed by atoms with van der Waals surface area (Å²) in [5, 5.41) is 18.3. The average molecular weight is 316 g/mol. The van der Waals surface area contributed by atoms with Crippen LogP contribution in [0, 0.1) is 5.41 Å². The number of nitrogens with two attached hydrogens (primary N) is 1. The van der Waals surface area contributed by atoms with E-state index in [0.717, 1.165) is 25.9 Å². The molecule has 0 saturated carbocycles. The predicted molar refractivity (Wildman–Crippen MR) is 87.9 cm³/mol. The third-order valence-electron chi connectivity index (χ3n) is 5.08. The minimum absolute atomic E-state index is 0.307. The van der Waals surface area contributed by atoms with Gasteiger partial charge >= 0.3 is 0 Å². The average Bonchev–Trinajstić information content (AvgIpc) is 2.92. The highest BCUT2D eigenvalue weighted by molar-refractivity contribution is 5.99. The van der Waals surface area contributed by atoms with Crippen LogP contribution in [0.5, 0.6) is 0 Å². The van der Waals surface area contributed by atoms with Crippen molar-refractivity contribution in [3.05, 3.63) is 35.9 Å². The first-order valence-electron chi connectivity index (χ1n) is 8.08. The molecule has 0 bridgehead atoms. The first-order chi connectivity index (χ1) is 11.0. The molecule has 1 unspecified atom stereocenters. The minimum Gasteiger partial charge on any atom is -0.391 e. The van der Waals surface area contributed by atoms with Crippen molar-refractivity contribution < 1.29 is 9.90 Å². The summed E-state index contributed by atoms with van der Waals surface area (Å²) in [6.07, 6.45) is 1.08. The van der Waals surface area contributed by atoms with Crippen LogP contribution in [0.2, 0.25) is 0 Å². The minimum atomic E-state index is -0.880. The number of likely N-dealkylation sites (tertiary alicyclic amines) is 2. The molecule has 1 amide bonds. The molecular formula is C17H24N4O2. The number of nitrogens with one attached hydrogen (secondary N) is 1. The molecule has 6 heteroatoms. The highest BCUT2D eigenvalue weighted by atomic mass is 16.3. The van der Waals surface area contributed by atoms with E-state index in [4.69, 9.17) is 11.1 Å². The molecule has 124 valence electrons. The van der Waals surface area contributed by atoms with Gasteiger partial charge in [-0.05, 0) is 31.9 Å². The molecule has 0 radical (unpaired) electrons. The summed E-state index contributed by atoms with van der Waals surface area (Å²) in [6.45, 7) is 3.87. The van der Waals surface area contributed by atoms with Crippen molar-refractivity contribution in [1.29, 1.82) is 5.41 Å². The van der Waals surface area contributed by atoms with Crippen LogP contribution in [0.3, 0.4) is 0 Å². The van der Waals surface area contributed by atoms with Crippen LogP contribution >= 0.6 is 0 Å². The van der Waals surface area contributed by atoms with Crippen LogP contribution in [0.25, 0.3) is 0 Å².